The van der Waals surface area contributed by atoms with Crippen molar-refractivity contribution in [2.24, 2.45) is 0 Å². The van der Waals surface area contributed by atoms with Gasteiger partial charge >= 0.3 is 5.69 Å². The molecule has 1 N–H and O–H groups in total. The summed E-state index contributed by atoms with van der Waals surface area (Å²) in [6, 6.07) is 29.7. The maximum absolute atomic E-state index is 12.8. The van der Waals surface area contributed by atoms with E-state index in [2.05, 4.69) is 65.6 Å². The molecule has 5 aromatic rings. The average Bonchev–Trinajstić information content (AvgIpc) is 3.24. The Morgan fingerprint density at radius 1 is 0.857 bits per heavy atom. The van der Waals surface area contributed by atoms with Crippen LogP contribution in [0.5, 0.6) is 0 Å². The van der Waals surface area contributed by atoms with Crippen LogP contribution in [-0.2, 0) is 32.3 Å². The summed E-state index contributed by atoms with van der Waals surface area (Å²) in [4.78, 5) is 33.0. The minimum absolute atomic E-state index is 0.175. The molecule has 0 aliphatic carbocycles. The zero-order chi connectivity index (χ0) is 28.7. The van der Waals surface area contributed by atoms with Crippen LogP contribution in [0.15, 0.2) is 107 Å². The fourth-order valence-electron chi connectivity index (χ4n) is 6.06. The average molecular weight is 566 g/mol. The zero-order valence-electron chi connectivity index (χ0n) is 23.1. The number of likely N-dealkylation sites (N-methyl/N-ethyl adjacent to an activating group) is 1. The maximum atomic E-state index is 12.8. The van der Waals surface area contributed by atoms with Crippen molar-refractivity contribution in [3.05, 3.63) is 129 Å². The van der Waals surface area contributed by atoms with Crippen molar-refractivity contribution in [2.45, 2.75) is 37.2 Å². The standard InChI is InChI=1S/C33H31N3O6/c1-35-29-30(40-19-23-11-13-25-7-3-5-9-27(25)17-23)33(21-41-35,42-31(29)36-15-14-28(37)34-32(36)38)20-39-18-22-10-12-24-6-2-4-8-26(24)16-22/h2-17,29-31H,18-21H2,1H3,(H,34,37,38)/t29-,30+,31-,33+/m1/s1. The number of hydrogen-bond acceptors (Lipinski definition) is 7. The predicted molar refractivity (Wildman–Crippen MR) is 158 cm³/mol. The second-order valence-corrected chi connectivity index (χ2v) is 11.0. The second-order valence-electron chi connectivity index (χ2n) is 11.0. The summed E-state index contributed by atoms with van der Waals surface area (Å²) in [7, 11) is 1.80. The quantitative estimate of drug-likeness (QED) is 0.302. The van der Waals surface area contributed by atoms with Gasteiger partial charge in [-0.2, -0.15) is 5.06 Å². The molecule has 214 valence electrons. The first-order chi connectivity index (χ1) is 20.5. The normalized spacial score (nSPS) is 24.0. The van der Waals surface area contributed by atoms with E-state index >= 15 is 0 Å². The van der Waals surface area contributed by atoms with Crippen LogP contribution in [0.2, 0.25) is 0 Å². The van der Waals surface area contributed by atoms with Gasteiger partial charge in [0.05, 0.1) is 19.8 Å². The highest BCUT2D eigenvalue weighted by Crippen LogP contribution is 2.45. The van der Waals surface area contributed by atoms with Crippen LogP contribution < -0.4 is 11.2 Å². The summed E-state index contributed by atoms with van der Waals surface area (Å²) in [6.45, 7) is 1.07. The van der Waals surface area contributed by atoms with Gasteiger partial charge in [0.15, 0.2) is 6.23 Å². The van der Waals surface area contributed by atoms with Crippen molar-refractivity contribution in [1.29, 1.82) is 0 Å². The van der Waals surface area contributed by atoms with Crippen LogP contribution in [-0.4, -0.2) is 52.6 Å². The summed E-state index contributed by atoms with van der Waals surface area (Å²) >= 11 is 0. The second kappa shape index (κ2) is 10.9. The molecule has 0 radical (unpaired) electrons. The van der Waals surface area contributed by atoms with Gasteiger partial charge in [-0.1, -0.05) is 72.8 Å². The van der Waals surface area contributed by atoms with Gasteiger partial charge in [0.25, 0.3) is 5.56 Å². The highest BCUT2D eigenvalue weighted by atomic mass is 16.7. The number of rotatable bonds is 8. The third-order valence-corrected chi connectivity index (χ3v) is 8.21. The van der Waals surface area contributed by atoms with E-state index in [9.17, 15) is 9.59 Å². The molecule has 2 fully saturated rings. The van der Waals surface area contributed by atoms with Crippen molar-refractivity contribution in [2.75, 3.05) is 20.3 Å². The van der Waals surface area contributed by atoms with E-state index in [1.165, 1.54) is 22.2 Å². The lowest BCUT2D eigenvalue weighted by Gasteiger charge is -2.41. The van der Waals surface area contributed by atoms with Crippen molar-refractivity contribution >= 4 is 21.5 Å². The van der Waals surface area contributed by atoms with Crippen LogP contribution in [0.25, 0.3) is 21.5 Å². The molecular weight excluding hydrogens is 534 g/mol. The van der Waals surface area contributed by atoms with Crippen molar-refractivity contribution < 1.29 is 19.0 Å². The van der Waals surface area contributed by atoms with Crippen molar-refractivity contribution in [1.82, 2.24) is 14.6 Å². The number of fused-ring (bicyclic) bond motifs is 4. The molecule has 7 rings (SSSR count). The van der Waals surface area contributed by atoms with Crippen LogP contribution in [0.3, 0.4) is 0 Å². The van der Waals surface area contributed by atoms with E-state index in [1.807, 2.05) is 24.3 Å². The summed E-state index contributed by atoms with van der Waals surface area (Å²) < 4.78 is 21.0. The van der Waals surface area contributed by atoms with Gasteiger partial charge in [-0.15, -0.1) is 0 Å². The molecule has 1 aromatic heterocycles. The van der Waals surface area contributed by atoms with Crippen LogP contribution in [0, 0.1) is 0 Å². The lowest BCUT2D eigenvalue weighted by Crippen LogP contribution is -2.60. The highest BCUT2D eigenvalue weighted by Gasteiger charge is 2.62. The molecule has 42 heavy (non-hydrogen) atoms. The Morgan fingerprint density at radius 3 is 2.17 bits per heavy atom. The van der Waals surface area contributed by atoms with Crippen molar-refractivity contribution in [3.8, 4) is 0 Å². The first kappa shape index (κ1) is 26.8. The number of hydroxylamine groups is 2. The molecular formula is C33H31N3O6. The smallest absolute Gasteiger partial charge is 0.330 e. The van der Waals surface area contributed by atoms with Crippen molar-refractivity contribution in [3.63, 3.8) is 0 Å². The predicted octanol–water partition coefficient (Wildman–Crippen LogP) is 4.16. The minimum atomic E-state index is -0.995. The fraction of sp³-hybridized carbons (Fsp3) is 0.273. The molecule has 2 saturated heterocycles. The maximum Gasteiger partial charge on any atom is 0.330 e. The van der Waals surface area contributed by atoms with E-state index < -0.39 is 35.2 Å². The Morgan fingerprint density at radius 2 is 1.50 bits per heavy atom. The molecule has 4 aromatic carbocycles. The third-order valence-electron chi connectivity index (χ3n) is 8.21. The van der Waals surface area contributed by atoms with Gasteiger partial charge in [-0.05, 0) is 44.8 Å². The van der Waals surface area contributed by atoms with E-state index in [-0.39, 0.29) is 13.2 Å². The number of ether oxygens (including phenoxy) is 3. The lowest BCUT2D eigenvalue weighted by molar-refractivity contribution is -0.269. The number of aromatic nitrogens is 2. The van der Waals surface area contributed by atoms with Gasteiger partial charge in [0.2, 0.25) is 0 Å². The van der Waals surface area contributed by atoms with E-state index in [4.69, 9.17) is 19.0 Å². The lowest BCUT2D eigenvalue weighted by atomic mass is 9.93. The number of nitrogens with zero attached hydrogens (tertiary/aromatic N) is 2. The Balaban J connectivity index is 1.17. The number of H-pyrrole nitrogens is 1. The first-order valence-electron chi connectivity index (χ1n) is 14.0. The molecule has 9 nitrogen and oxygen atoms in total. The van der Waals surface area contributed by atoms with E-state index in [0.29, 0.717) is 13.2 Å². The number of nitrogens with one attached hydrogen (secondary N) is 1. The molecule has 2 aliphatic rings. The molecule has 0 amide bonds. The van der Waals surface area contributed by atoms with Gasteiger partial charge < -0.3 is 14.2 Å². The Labute approximate surface area is 241 Å². The molecule has 2 bridgehead atoms. The van der Waals surface area contributed by atoms with E-state index in [1.54, 1.807) is 12.1 Å². The summed E-state index contributed by atoms with van der Waals surface area (Å²) in [6.07, 6.45) is 0.181. The molecule has 2 aliphatic heterocycles. The van der Waals surface area contributed by atoms with Crippen LogP contribution >= 0.6 is 0 Å². The molecule has 0 unspecified atom stereocenters. The third kappa shape index (κ3) is 4.95. The SMILES string of the molecule is CN1OC[C@]2(COCc3ccc4ccccc4c3)O[C@@H](n3ccc(=O)[nH]c3=O)[C@H]1[C@@H]2OCc1ccc2ccccc2c1. The minimum Gasteiger partial charge on any atom is -0.374 e. The molecule has 9 heteroatoms. The van der Waals surface area contributed by atoms with Gasteiger partial charge in [0, 0.05) is 19.3 Å². The number of aromatic amines is 1. The summed E-state index contributed by atoms with van der Waals surface area (Å²) in [5.74, 6) is 0. The molecule has 0 spiro atoms. The Hall–Kier alpha value is -4.12. The summed E-state index contributed by atoms with van der Waals surface area (Å²) in [5.41, 5.74) is 0.0292. The highest BCUT2D eigenvalue weighted by molar-refractivity contribution is 5.83. The molecule has 0 saturated carbocycles. The Bertz CT molecular complexity index is 1870. The van der Waals surface area contributed by atoms with Gasteiger partial charge in [-0.25, -0.2) is 4.79 Å². The number of benzene rings is 4. The van der Waals surface area contributed by atoms with E-state index in [0.717, 1.165) is 27.3 Å². The summed E-state index contributed by atoms with van der Waals surface area (Å²) in [5, 5.41) is 6.29. The van der Waals surface area contributed by atoms with Gasteiger partial charge in [0.1, 0.15) is 24.4 Å². The largest absolute Gasteiger partial charge is 0.374 e. The topological polar surface area (TPSA) is 95.0 Å². The number of hydrogen-bond donors (Lipinski definition) is 1. The monoisotopic (exact) mass is 565 g/mol. The van der Waals surface area contributed by atoms with Crippen LogP contribution in [0.1, 0.15) is 17.4 Å². The fourth-order valence-corrected chi connectivity index (χ4v) is 6.06. The zero-order valence-corrected chi connectivity index (χ0v) is 23.1. The molecule has 4 atom stereocenters. The molecule has 3 heterocycles. The van der Waals surface area contributed by atoms with Crippen LogP contribution in [0.4, 0.5) is 0 Å². The Kier molecular flexibility index (Phi) is 6.97. The first-order valence-corrected chi connectivity index (χ1v) is 14.0. The van der Waals surface area contributed by atoms with Gasteiger partial charge in [-0.3, -0.25) is 19.2 Å².